The molecule has 0 bridgehead atoms. The quantitative estimate of drug-likeness (QED) is 0.494. The summed E-state index contributed by atoms with van der Waals surface area (Å²) >= 11 is 12.8. The predicted octanol–water partition coefficient (Wildman–Crippen LogP) is 5.75. The summed E-state index contributed by atoms with van der Waals surface area (Å²) in [6.45, 7) is 6.08. The zero-order valence-electron chi connectivity index (χ0n) is 19.6. The zero-order chi connectivity index (χ0) is 24.0. The number of aromatic nitrogens is 3. The number of carbonyl (C=O) groups is 1. The van der Waals surface area contributed by atoms with Crippen molar-refractivity contribution in [3.8, 4) is 11.1 Å². The van der Waals surface area contributed by atoms with E-state index < -0.39 is 0 Å². The first kappa shape index (κ1) is 23.2. The smallest absolute Gasteiger partial charge is 0.407 e. The topological polar surface area (TPSA) is 71.8 Å². The van der Waals surface area contributed by atoms with Gasteiger partial charge < -0.3 is 15.0 Å². The first-order valence-corrected chi connectivity index (χ1v) is 12.5. The van der Waals surface area contributed by atoms with Crippen LogP contribution in [0.3, 0.4) is 0 Å². The van der Waals surface area contributed by atoms with Crippen LogP contribution in [0.5, 0.6) is 0 Å². The Morgan fingerprint density at radius 2 is 2.03 bits per heavy atom. The molecular weight excluding hydrogens is 473 g/mol. The summed E-state index contributed by atoms with van der Waals surface area (Å²) in [7, 11) is 1.60. The number of halogens is 2. The van der Waals surface area contributed by atoms with Gasteiger partial charge in [0.15, 0.2) is 0 Å². The number of alkyl carbamates (subject to hydrolysis) is 1. The molecule has 0 radical (unpaired) electrons. The molecule has 2 atom stereocenters. The molecule has 7 nitrogen and oxygen atoms in total. The van der Waals surface area contributed by atoms with Gasteiger partial charge in [-0.05, 0) is 50.0 Å². The standard InChI is InChI=1S/C25H29Cl2N5O2/c1-15-13-17(34-24(33)28-3)14-25(15)7-10-31(11-8-25)23-30-16(2)20(22-29-9-12-32(22)23)18-5-4-6-19(26)21(18)27/h4-6,9,12,15,17H,7-8,10-11,13-14H2,1-3H3,(H,28,33)/t15-,17+/m1/s1. The molecule has 1 amide bonds. The molecule has 1 saturated carbocycles. The minimum atomic E-state index is -0.339. The minimum Gasteiger partial charge on any atom is -0.446 e. The Labute approximate surface area is 209 Å². The lowest BCUT2D eigenvalue weighted by atomic mass is 9.71. The van der Waals surface area contributed by atoms with Crippen molar-refractivity contribution in [3.05, 3.63) is 46.3 Å². The molecule has 5 rings (SSSR count). The van der Waals surface area contributed by atoms with E-state index in [0.29, 0.717) is 16.0 Å². The Morgan fingerprint density at radius 3 is 2.76 bits per heavy atom. The Balaban J connectivity index is 1.41. The Bertz CT molecular complexity index is 1240. The maximum Gasteiger partial charge on any atom is 0.407 e. The average molecular weight is 502 g/mol. The molecule has 2 fully saturated rings. The van der Waals surface area contributed by atoms with Crippen molar-refractivity contribution in [2.75, 3.05) is 25.0 Å². The summed E-state index contributed by atoms with van der Waals surface area (Å²) in [6.07, 6.45) is 7.33. The van der Waals surface area contributed by atoms with Crippen LogP contribution in [0.15, 0.2) is 30.6 Å². The second-order valence-electron chi connectivity index (χ2n) is 9.56. The molecule has 1 saturated heterocycles. The number of aryl methyl sites for hydroxylation is 1. The molecule has 34 heavy (non-hydrogen) atoms. The van der Waals surface area contributed by atoms with Crippen molar-refractivity contribution in [1.82, 2.24) is 19.7 Å². The Kier molecular flexibility index (Phi) is 6.10. The summed E-state index contributed by atoms with van der Waals surface area (Å²) in [6, 6.07) is 5.63. The maximum atomic E-state index is 11.7. The number of hydrogen-bond acceptors (Lipinski definition) is 5. The van der Waals surface area contributed by atoms with Crippen LogP contribution in [0.25, 0.3) is 16.8 Å². The van der Waals surface area contributed by atoms with Gasteiger partial charge >= 0.3 is 6.09 Å². The summed E-state index contributed by atoms with van der Waals surface area (Å²) < 4.78 is 7.65. The van der Waals surface area contributed by atoms with Gasteiger partial charge in [-0.1, -0.05) is 42.3 Å². The van der Waals surface area contributed by atoms with Crippen LogP contribution in [0, 0.1) is 18.3 Å². The minimum absolute atomic E-state index is 0.0102. The van der Waals surface area contributed by atoms with Gasteiger partial charge in [-0.3, -0.25) is 4.40 Å². The van der Waals surface area contributed by atoms with Crippen LogP contribution in [0.2, 0.25) is 10.0 Å². The average Bonchev–Trinajstić information content (AvgIpc) is 3.41. The van der Waals surface area contributed by atoms with Crippen molar-refractivity contribution in [2.24, 2.45) is 11.3 Å². The summed E-state index contributed by atoms with van der Waals surface area (Å²) in [5, 5.41) is 3.59. The number of anilines is 1. The van der Waals surface area contributed by atoms with Crippen LogP contribution in [0.1, 0.15) is 38.3 Å². The molecule has 1 aliphatic heterocycles. The molecule has 1 spiro atoms. The molecule has 3 aromatic rings. The van der Waals surface area contributed by atoms with Gasteiger partial charge in [0.1, 0.15) is 11.8 Å². The lowest BCUT2D eigenvalue weighted by molar-refractivity contribution is 0.0892. The lowest BCUT2D eigenvalue weighted by Gasteiger charge is -2.42. The van der Waals surface area contributed by atoms with E-state index in [4.69, 9.17) is 32.9 Å². The number of imidazole rings is 1. The number of rotatable bonds is 3. The number of ether oxygens (including phenoxy) is 1. The van der Waals surface area contributed by atoms with Crippen molar-refractivity contribution < 1.29 is 9.53 Å². The fraction of sp³-hybridized carbons (Fsp3) is 0.480. The monoisotopic (exact) mass is 501 g/mol. The van der Waals surface area contributed by atoms with E-state index in [-0.39, 0.29) is 17.6 Å². The van der Waals surface area contributed by atoms with Gasteiger partial charge in [0.2, 0.25) is 5.95 Å². The van der Waals surface area contributed by atoms with Crippen molar-refractivity contribution in [1.29, 1.82) is 0 Å². The summed E-state index contributed by atoms with van der Waals surface area (Å²) in [5.41, 5.74) is 3.62. The fourth-order valence-electron chi connectivity index (χ4n) is 5.84. The van der Waals surface area contributed by atoms with E-state index in [0.717, 1.165) is 67.2 Å². The fourth-order valence-corrected chi connectivity index (χ4v) is 6.23. The molecule has 3 heterocycles. The molecule has 0 unspecified atom stereocenters. The first-order chi connectivity index (χ1) is 16.3. The number of piperidine rings is 1. The largest absolute Gasteiger partial charge is 0.446 e. The van der Waals surface area contributed by atoms with Crippen LogP contribution in [-0.2, 0) is 4.74 Å². The number of amides is 1. The summed E-state index contributed by atoms with van der Waals surface area (Å²) in [4.78, 5) is 23.7. The van der Waals surface area contributed by atoms with Crippen LogP contribution < -0.4 is 10.2 Å². The van der Waals surface area contributed by atoms with Crippen LogP contribution in [0.4, 0.5) is 10.7 Å². The van der Waals surface area contributed by atoms with Gasteiger partial charge in [-0.2, -0.15) is 0 Å². The van der Waals surface area contributed by atoms with Gasteiger partial charge in [-0.25, -0.2) is 14.8 Å². The highest BCUT2D eigenvalue weighted by Gasteiger charge is 2.48. The van der Waals surface area contributed by atoms with E-state index in [1.807, 2.05) is 29.7 Å². The molecule has 180 valence electrons. The molecule has 1 N–H and O–H groups in total. The molecule has 2 aromatic heterocycles. The molecule has 1 aliphatic carbocycles. The van der Waals surface area contributed by atoms with E-state index >= 15 is 0 Å². The molecule has 9 heteroatoms. The number of benzene rings is 1. The Morgan fingerprint density at radius 1 is 1.26 bits per heavy atom. The SMILES string of the molecule is CNC(=O)O[C@H]1C[C@@H](C)C2(CCN(c3nc(C)c(-c4cccc(Cl)c4Cl)c4nccn34)CC2)C1. The Hall–Kier alpha value is -2.51. The van der Waals surface area contributed by atoms with Gasteiger partial charge in [0, 0.05) is 43.7 Å². The first-order valence-electron chi connectivity index (χ1n) is 11.7. The van der Waals surface area contributed by atoms with E-state index in [1.165, 1.54) is 0 Å². The third-order valence-electron chi connectivity index (χ3n) is 7.75. The maximum absolute atomic E-state index is 11.7. The number of hydrogen-bond donors (Lipinski definition) is 1. The normalized spacial score (nSPS) is 21.9. The molecule has 2 aliphatic rings. The predicted molar refractivity (Wildman–Crippen MR) is 135 cm³/mol. The number of nitrogens with zero attached hydrogens (tertiary/aromatic N) is 4. The second kappa shape index (κ2) is 8.93. The number of carbonyl (C=O) groups excluding carboxylic acids is 1. The third-order valence-corrected chi connectivity index (χ3v) is 8.57. The highest BCUT2D eigenvalue weighted by Crippen LogP contribution is 2.51. The molecular formula is C25H29Cl2N5O2. The lowest BCUT2D eigenvalue weighted by Crippen LogP contribution is -2.42. The van der Waals surface area contributed by atoms with Gasteiger partial charge in [0.25, 0.3) is 0 Å². The number of fused-ring (bicyclic) bond motifs is 1. The summed E-state index contributed by atoms with van der Waals surface area (Å²) in [5.74, 6) is 1.41. The van der Waals surface area contributed by atoms with E-state index in [9.17, 15) is 4.79 Å². The van der Waals surface area contributed by atoms with Crippen LogP contribution >= 0.6 is 23.2 Å². The van der Waals surface area contributed by atoms with Crippen molar-refractivity contribution >= 4 is 40.9 Å². The zero-order valence-corrected chi connectivity index (χ0v) is 21.2. The van der Waals surface area contributed by atoms with E-state index in [2.05, 4.69) is 22.1 Å². The van der Waals surface area contributed by atoms with Crippen molar-refractivity contribution in [3.63, 3.8) is 0 Å². The number of nitrogens with one attached hydrogen (secondary N) is 1. The second-order valence-corrected chi connectivity index (χ2v) is 10.3. The van der Waals surface area contributed by atoms with E-state index in [1.54, 1.807) is 19.3 Å². The van der Waals surface area contributed by atoms with Gasteiger partial charge in [-0.15, -0.1) is 0 Å². The van der Waals surface area contributed by atoms with Gasteiger partial charge in [0.05, 0.1) is 15.7 Å². The third kappa shape index (κ3) is 3.89. The highest BCUT2D eigenvalue weighted by atomic mass is 35.5. The molecule has 1 aromatic carbocycles. The van der Waals surface area contributed by atoms with Crippen LogP contribution in [-0.4, -0.2) is 46.7 Å². The van der Waals surface area contributed by atoms with Crippen molar-refractivity contribution in [2.45, 2.75) is 45.6 Å². The highest BCUT2D eigenvalue weighted by molar-refractivity contribution is 6.43.